The number of fused-ring (bicyclic) bond motifs is 1. The van der Waals surface area contributed by atoms with Crippen LogP contribution in [0.2, 0.25) is 0 Å². The molecule has 0 aliphatic carbocycles. The average molecular weight is 808 g/mol. The summed E-state index contributed by atoms with van der Waals surface area (Å²) in [5.41, 5.74) is 5.42. The van der Waals surface area contributed by atoms with Gasteiger partial charge >= 0.3 is 6.09 Å². The van der Waals surface area contributed by atoms with Gasteiger partial charge in [0, 0.05) is 88.1 Å². The molecule has 1 N–H and O–H groups in total. The number of ether oxygens (including phenoxy) is 3. The summed E-state index contributed by atoms with van der Waals surface area (Å²) in [6.45, 7) is 4.64. The molecule has 2 aromatic heterocycles. The molecule has 302 valence electrons. The summed E-state index contributed by atoms with van der Waals surface area (Å²) in [5.74, 6) is 3.46. The highest BCUT2D eigenvalue weighted by atomic mass is 32.2. The van der Waals surface area contributed by atoms with Crippen molar-refractivity contribution in [1.29, 1.82) is 0 Å². The molecule has 5 heterocycles. The van der Waals surface area contributed by atoms with Crippen molar-refractivity contribution in [2.24, 2.45) is 0 Å². The second kappa shape index (κ2) is 16.8. The van der Waals surface area contributed by atoms with Crippen molar-refractivity contribution >= 4 is 39.5 Å². The van der Waals surface area contributed by atoms with E-state index in [1.165, 1.54) is 9.21 Å². The Labute approximate surface area is 337 Å². The van der Waals surface area contributed by atoms with Crippen molar-refractivity contribution in [2.75, 3.05) is 87.9 Å². The number of piperazine rings is 1. The number of anilines is 4. The molecule has 0 saturated carbocycles. The number of carboxylic acid groups (broad SMARTS) is 1. The largest absolute Gasteiger partial charge is 0.497 e. The van der Waals surface area contributed by atoms with Gasteiger partial charge in [0.2, 0.25) is 21.9 Å². The van der Waals surface area contributed by atoms with Gasteiger partial charge in [-0.15, -0.1) is 0 Å². The van der Waals surface area contributed by atoms with Gasteiger partial charge in [0.1, 0.15) is 17.3 Å². The lowest BCUT2D eigenvalue weighted by atomic mass is 10.1. The van der Waals surface area contributed by atoms with Crippen LogP contribution in [-0.4, -0.2) is 122 Å². The third-order valence-corrected chi connectivity index (χ3v) is 12.6. The Morgan fingerprint density at radius 2 is 1.36 bits per heavy atom. The van der Waals surface area contributed by atoms with Crippen molar-refractivity contribution in [1.82, 2.24) is 29.1 Å². The van der Waals surface area contributed by atoms with E-state index < -0.39 is 16.1 Å². The van der Waals surface area contributed by atoms with Gasteiger partial charge in [-0.1, -0.05) is 24.3 Å². The topological polar surface area (TPSA) is 167 Å². The zero-order chi connectivity index (χ0) is 40.2. The molecule has 8 rings (SSSR count). The Morgan fingerprint density at radius 3 is 1.91 bits per heavy atom. The molecule has 2 saturated heterocycles. The van der Waals surface area contributed by atoms with Crippen LogP contribution < -0.4 is 24.2 Å². The summed E-state index contributed by atoms with van der Waals surface area (Å²) >= 11 is 0. The average Bonchev–Trinajstić information content (AvgIpc) is 3.71. The van der Waals surface area contributed by atoms with Gasteiger partial charge in [0.15, 0.2) is 0 Å². The maximum Gasteiger partial charge on any atom is 0.407 e. The normalized spacial score (nSPS) is 15.9. The van der Waals surface area contributed by atoms with Crippen molar-refractivity contribution in [3.63, 3.8) is 0 Å². The van der Waals surface area contributed by atoms with Crippen LogP contribution in [0.1, 0.15) is 16.7 Å². The number of benzene rings is 3. The summed E-state index contributed by atoms with van der Waals surface area (Å²) in [6, 6.07) is 22.7. The summed E-state index contributed by atoms with van der Waals surface area (Å²) in [5, 5.41) is 9.29. The maximum absolute atomic E-state index is 13.5. The SMILES string of the molecule is COc1ccc(CN(Cc2ccc(OC)cc2)c2ncc(-c3nc(N4CCOCC4)nc4c3CCN4c3ccc(S(=O)(=O)N4CCN(C(=O)O)CC4)cc3)cn2)cc1. The number of hydrogen-bond acceptors (Lipinski definition) is 13. The standard InChI is InChI=1S/C41H45N9O7S/c1-55-33-9-3-29(4-10-33)27-48(28-30-5-11-34(56-2)12-6-30)39-42-25-31(26-43-39)37-36-15-16-50(38(36)45-40(44-37)46-21-23-57-24-22-46)32-7-13-35(14-8-32)58(53,54)49-19-17-47(18-20-49)41(51)52/h3-14,25-26H,15-24,27-28H2,1-2H3,(H,51,52). The Hall–Kier alpha value is -6.04. The van der Waals surface area contributed by atoms with E-state index in [4.69, 9.17) is 34.1 Å². The van der Waals surface area contributed by atoms with Crippen molar-refractivity contribution in [3.05, 3.63) is 102 Å². The first kappa shape index (κ1) is 38.8. The van der Waals surface area contributed by atoms with Crippen LogP contribution in [0.15, 0.2) is 90.1 Å². The quantitative estimate of drug-likeness (QED) is 0.185. The minimum atomic E-state index is -3.80. The number of nitrogens with zero attached hydrogens (tertiary/aromatic N) is 9. The zero-order valence-corrected chi connectivity index (χ0v) is 33.2. The fourth-order valence-corrected chi connectivity index (χ4v) is 8.83. The number of carbonyl (C=O) groups is 1. The van der Waals surface area contributed by atoms with Gasteiger partial charge in [-0.2, -0.15) is 9.29 Å². The zero-order valence-electron chi connectivity index (χ0n) is 32.4. The third-order valence-electron chi connectivity index (χ3n) is 10.7. The molecule has 58 heavy (non-hydrogen) atoms. The Balaban J connectivity index is 1.09. The smallest absolute Gasteiger partial charge is 0.407 e. The van der Waals surface area contributed by atoms with E-state index in [9.17, 15) is 18.3 Å². The van der Waals surface area contributed by atoms with Crippen molar-refractivity contribution in [2.45, 2.75) is 24.4 Å². The number of methoxy groups -OCH3 is 2. The van der Waals surface area contributed by atoms with Gasteiger partial charge in [0.05, 0.1) is 38.0 Å². The Morgan fingerprint density at radius 1 is 0.776 bits per heavy atom. The van der Waals surface area contributed by atoms with Crippen LogP contribution in [0.3, 0.4) is 0 Å². The lowest BCUT2D eigenvalue weighted by Crippen LogP contribution is -2.50. The van der Waals surface area contributed by atoms with Crippen LogP contribution in [0.25, 0.3) is 11.3 Å². The molecule has 0 bridgehead atoms. The first-order valence-corrected chi connectivity index (χ1v) is 20.6. The number of hydrogen-bond donors (Lipinski definition) is 1. The summed E-state index contributed by atoms with van der Waals surface area (Å²) in [4.78, 5) is 39.1. The molecule has 3 aromatic carbocycles. The molecule has 0 unspecified atom stereocenters. The van der Waals surface area contributed by atoms with Crippen LogP contribution in [0.5, 0.6) is 11.5 Å². The van der Waals surface area contributed by atoms with Gasteiger partial charge in [-0.05, 0) is 66.1 Å². The second-order valence-corrected chi connectivity index (χ2v) is 16.1. The first-order valence-electron chi connectivity index (χ1n) is 19.1. The Kier molecular flexibility index (Phi) is 11.3. The number of morpholine rings is 1. The number of aromatic nitrogens is 4. The Bertz CT molecular complexity index is 2270. The predicted molar refractivity (Wildman–Crippen MR) is 217 cm³/mol. The molecule has 0 atom stereocenters. The van der Waals surface area contributed by atoms with Crippen molar-refractivity contribution < 1.29 is 32.5 Å². The lowest BCUT2D eigenvalue weighted by Gasteiger charge is -2.32. The third kappa shape index (κ3) is 8.19. The minimum absolute atomic E-state index is 0.105. The van der Waals surface area contributed by atoms with E-state index in [1.54, 1.807) is 38.5 Å². The van der Waals surface area contributed by atoms with E-state index in [0.717, 1.165) is 51.0 Å². The summed E-state index contributed by atoms with van der Waals surface area (Å²) < 4.78 is 44.7. The monoisotopic (exact) mass is 807 g/mol. The molecule has 17 heteroatoms. The van der Waals surface area contributed by atoms with Crippen LogP contribution >= 0.6 is 0 Å². The minimum Gasteiger partial charge on any atom is -0.497 e. The summed E-state index contributed by atoms with van der Waals surface area (Å²) in [7, 11) is -0.501. The maximum atomic E-state index is 13.5. The number of rotatable bonds is 12. The summed E-state index contributed by atoms with van der Waals surface area (Å²) in [6.07, 6.45) is 3.25. The molecule has 3 aliphatic heterocycles. The van der Waals surface area contributed by atoms with Gasteiger partial charge in [-0.3, -0.25) is 0 Å². The van der Waals surface area contributed by atoms with E-state index in [2.05, 4.69) is 14.7 Å². The molecule has 5 aromatic rings. The fourth-order valence-electron chi connectivity index (χ4n) is 7.41. The molecule has 0 radical (unpaired) electrons. The lowest BCUT2D eigenvalue weighted by molar-refractivity contribution is 0.122. The predicted octanol–water partition coefficient (Wildman–Crippen LogP) is 4.67. The molecule has 2 fully saturated rings. The van der Waals surface area contributed by atoms with Crippen LogP contribution in [0.4, 0.5) is 28.2 Å². The van der Waals surface area contributed by atoms with Crippen LogP contribution in [0, 0.1) is 0 Å². The second-order valence-electron chi connectivity index (χ2n) is 14.2. The highest BCUT2D eigenvalue weighted by Gasteiger charge is 2.32. The molecular formula is C41H45N9O7S. The van der Waals surface area contributed by atoms with Crippen LogP contribution in [-0.2, 0) is 34.3 Å². The van der Waals surface area contributed by atoms with Gasteiger partial charge in [0.25, 0.3) is 0 Å². The first-order chi connectivity index (χ1) is 28.2. The molecule has 16 nitrogen and oxygen atoms in total. The van der Waals surface area contributed by atoms with E-state index in [1.807, 2.05) is 60.9 Å². The molecule has 3 aliphatic rings. The van der Waals surface area contributed by atoms with E-state index in [0.29, 0.717) is 64.3 Å². The van der Waals surface area contributed by atoms with E-state index in [-0.39, 0.29) is 31.1 Å². The van der Waals surface area contributed by atoms with Gasteiger partial charge < -0.3 is 38.9 Å². The van der Waals surface area contributed by atoms with Crippen molar-refractivity contribution in [3.8, 4) is 22.8 Å². The molecule has 0 spiro atoms. The molecule has 1 amide bonds. The molecular weight excluding hydrogens is 763 g/mol. The highest BCUT2D eigenvalue weighted by molar-refractivity contribution is 7.89. The van der Waals surface area contributed by atoms with Gasteiger partial charge in [-0.25, -0.2) is 28.2 Å². The number of sulfonamides is 1. The van der Waals surface area contributed by atoms with E-state index >= 15 is 0 Å². The number of amides is 1. The highest BCUT2D eigenvalue weighted by Crippen LogP contribution is 2.40. The fraction of sp³-hybridized carbons (Fsp3) is 0.341.